The van der Waals surface area contributed by atoms with Crippen molar-refractivity contribution in [3.8, 4) is 0 Å². The highest BCUT2D eigenvalue weighted by molar-refractivity contribution is 5.84. The minimum absolute atomic E-state index is 0.373. The number of benzene rings is 1. The molecule has 0 heterocycles. The van der Waals surface area contributed by atoms with Gasteiger partial charge in [-0.05, 0) is 58.2 Å². The Morgan fingerprint density at radius 1 is 1.09 bits per heavy atom. The molecular formula is C17H26N2O4. The van der Waals surface area contributed by atoms with E-state index in [0.717, 1.165) is 18.4 Å². The molecule has 0 aliphatic heterocycles. The molecule has 1 aromatic carbocycles. The maximum atomic E-state index is 11.7. The Labute approximate surface area is 137 Å². The molecule has 2 N–H and O–H groups in total. The van der Waals surface area contributed by atoms with E-state index in [4.69, 9.17) is 9.47 Å². The number of rotatable bonds is 6. The molecular weight excluding hydrogens is 296 g/mol. The monoisotopic (exact) mass is 322 g/mol. The average molecular weight is 322 g/mol. The van der Waals surface area contributed by atoms with Crippen LogP contribution in [-0.2, 0) is 15.9 Å². The summed E-state index contributed by atoms with van der Waals surface area (Å²) in [6, 6.07) is 7.55. The summed E-state index contributed by atoms with van der Waals surface area (Å²) >= 11 is 0. The van der Waals surface area contributed by atoms with Crippen molar-refractivity contribution >= 4 is 17.9 Å². The Morgan fingerprint density at radius 2 is 1.74 bits per heavy atom. The van der Waals surface area contributed by atoms with Crippen molar-refractivity contribution in [3.63, 3.8) is 0 Å². The van der Waals surface area contributed by atoms with E-state index in [9.17, 15) is 9.59 Å². The van der Waals surface area contributed by atoms with E-state index in [1.807, 2.05) is 45.0 Å². The first kappa shape index (κ1) is 18.8. The van der Waals surface area contributed by atoms with E-state index in [2.05, 4.69) is 10.6 Å². The predicted octanol–water partition coefficient (Wildman–Crippen LogP) is 3.71. The first-order valence-corrected chi connectivity index (χ1v) is 7.79. The first-order valence-electron chi connectivity index (χ1n) is 7.79. The number of carbonyl (C=O) groups is 2. The van der Waals surface area contributed by atoms with Gasteiger partial charge in [0.1, 0.15) is 5.60 Å². The van der Waals surface area contributed by atoms with Crippen LogP contribution < -0.4 is 10.6 Å². The molecule has 0 radical (unpaired) electrons. The fourth-order valence-electron chi connectivity index (χ4n) is 1.84. The van der Waals surface area contributed by atoms with Gasteiger partial charge >= 0.3 is 12.2 Å². The van der Waals surface area contributed by atoms with Crippen molar-refractivity contribution < 1.29 is 19.1 Å². The van der Waals surface area contributed by atoms with Crippen molar-refractivity contribution in [2.75, 3.05) is 18.5 Å². The summed E-state index contributed by atoms with van der Waals surface area (Å²) in [4.78, 5) is 22.8. The normalized spacial score (nSPS) is 10.8. The van der Waals surface area contributed by atoms with Gasteiger partial charge in [0.2, 0.25) is 0 Å². The van der Waals surface area contributed by atoms with E-state index in [1.54, 1.807) is 6.92 Å². The van der Waals surface area contributed by atoms with Crippen molar-refractivity contribution in [2.24, 2.45) is 0 Å². The lowest BCUT2D eigenvalue weighted by Crippen LogP contribution is -2.27. The third kappa shape index (κ3) is 8.70. The van der Waals surface area contributed by atoms with E-state index >= 15 is 0 Å². The van der Waals surface area contributed by atoms with Gasteiger partial charge in [0.05, 0.1) is 6.61 Å². The number of hydrogen-bond acceptors (Lipinski definition) is 4. The van der Waals surface area contributed by atoms with Gasteiger partial charge in [-0.3, -0.25) is 5.32 Å². The summed E-state index contributed by atoms with van der Waals surface area (Å²) in [6.07, 6.45) is 0.796. The summed E-state index contributed by atoms with van der Waals surface area (Å²) in [5.41, 5.74) is 1.30. The Hall–Kier alpha value is -2.24. The summed E-state index contributed by atoms with van der Waals surface area (Å²) in [7, 11) is 0. The third-order valence-electron chi connectivity index (χ3n) is 2.79. The number of carbonyl (C=O) groups excluding carboxylic acids is 2. The molecule has 0 unspecified atom stereocenters. The molecule has 2 amide bonds. The van der Waals surface area contributed by atoms with Crippen LogP contribution in [0.5, 0.6) is 0 Å². The number of aryl methyl sites for hydroxylation is 1. The van der Waals surface area contributed by atoms with Gasteiger partial charge in [-0.2, -0.15) is 0 Å². The largest absolute Gasteiger partial charge is 0.450 e. The van der Waals surface area contributed by atoms with E-state index in [0.29, 0.717) is 18.8 Å². The summed E-state index contributed by atoms with van der Waals surface area (Å²) in [5, 5.41) is 5.37. The number of nitrogens with one attached hydrogen (secondary N) is 2. The van der Waals surface area contributed by atoms with E-state index in [-0.39, 0.29) is 6.09 Å². The highest BCUT2D eigenvalue weighted by atomic mass is 16.6. The maximum Gasteiger partial charge on any atom is 0.412 e. The molecule has 128 valence electrons. The fourth-order valence-corrected chi connectivity index (χ4v) is 1.84. The molecule has 0 aliphatic rings. The second-order valence-corrected chi connectivity index (χ2v) is 6.07. The maximum absolute atomic E-state index is 11.7. The van der Waals surface area contributed by atoms with Crippen LogP contribution in [0.25, 0.3) is 0 Å². The van der Waals surface area contributed by atoms with Gasteiger partial charge in [-0.15, -0.1) is 0 Å². The molecule has 0 saturated heterocycles. The lowest BCUT2D eigenvalue weighted by atomic mass is 10.1. The second kappa shape index (κ2) is 9.02. The zero-order valence-corrected chi connectivity index (χ0v) is 14.3. The van der Waals surface area contributed by atoms with Gasteiger partial charge in [-0.25, -0.2) is 9.59 Å². The third-order valence-corrected chi connectivity index (χ3v) is 2.79. The topological polar surface area (TPSA) is 76.7 Å². The zero-order chi connectivity index (χ0) is 17.3. The Kier molecular flexibility index (Phi) is 7.38. The summed E-state index contributed by atoms with van der Waals surface area (Å²) < 4.78 is 9.97. The SMILES string of the molecule is CCOC(=O)NCCCc1ccc(NC(=O)OC(C)(C)C)cc1. The number of ether oxygens (including phenoxy) is 2. The van der Waals surface area contributed by atoms with Crippen LogP contribution in [0.4, 0.5) is 15.3 Å². The van der Waals surface area contributed by atoms with Crippen LogP contribution in [-0.4, -0.2) is 30.9 Å². The number of hydrogen-bond donors (Lipinski definition) is 2. The van der Waals surface area contributed by atoms with Crippen molar-refractivity contribution in [3.05, 3.63) is 29.8 Å². The zero-order valence-electron chi connectivity index (χ0n) is 14.3. The molecule has 0 bridgehead atoms. The Morgan fingerprint density at radius 3 is 2.30 bits per heavy atom. The van der Waals surface area contributed by atoms with Crippen LogP contribution in [0.2, 0.25) is 0 Å². The standard InChI is InChI=1S/C17H26N2O4/c1-5-22-15(20)18-12-6-7-13-8-10-14(11-9-13)19-16(21)23-17(2,3)4/h8-11H,5-7,12H2,1-4H3,(H,18,20)(H,19,21). The van der Waals surface area contributed by atoms with Crippen LogP contribution in [0, 0.1) is 0 Å². The van der Waals surface area contributed by atoms with Gasteiger partial charge < -0.3 is 14.8 Å². The molecule has 0 spiro atoms. The molecule has 1 rings (SSSR count). The van der Waals surface area contributed by atoms with Gasteiger partial charge in [0, 0.05) is 12.2 Å². The molecule has 0 fully saturated rings. The lowest BCUT2D eigenvalue weighted by Gasteiger charge is -2.19. The van der Waals surface area contributed by atoms with Crippen molar-refractivity contribution in [1.29, 1.82) is 0 Å². The number of alkyl carbamates (subject to hydrolysis) is 1. The van der Waals surface area contributed by atoms with E-state index < -0.39 is 11.7 Å². The molecule has 0 atom stereocenters. The Balaban J connectivity index is 2.33. The summed E-state index contributed by atoms with van der Waals surface area (Å²) in [6.45, 7) is 8.17. The van der Waals surface area contributed by atoms with Gasteiger partial charge in [0.15, 0.2) is 0 Å². The van der Waals surface area contributed by atoms with Crippen LogP contribution in [0.1, 0.15) is 39.7 Å². The van der Waals surface area contributed by atoms with Crippen LogP contribution >= 0.6 is 0 Å². The molecule has 0 saturated carbocycles. The fraction of sp³-hybridized carbons (Fsp3) is 0.529. The number of anilines is 1. The highest BCUT2D eigenvalue weighted by Gasteiger charge is 2.15. The van der Waals surface area contributed by atoms with Crippen molar-refractivity contribution in [1.82, 2.24) is 5.32 Å². The second-order valence-electron chi connectivity index (χ2n) is 6.07. The number of amides is 2. The molecule has 1 aromatic rings. The quantitative estimate of drug-likeness (QED) is 0.783. The molecule has 0 aliphatic carbocycles. The molecule has 6 heteroatoms. The minimum atomic E-state index is -0.518. The van der Waals surface area contributed by atoms with Crippen LogP contribution in [0.15, 0.2) is 24.3 Å². The predicted molar refractivity (Wildman–Crippen MR) is 89.6 cm³/mol. The van der Waals surface area contributed by atoms with Gasteiger partial charge in [0.25, 0.3) is 0 Å². The van der Waals surface area contributed by atoms with Gasteiger partial charge in [-0.1, -0.05) is 12.1 Å². The van der Waals surface area contributed by atoms with Crippen LogP contribution in [0.3, 0.4) is 0 Å². The lowest BCUT2D eigenvalue weighted by molar-refractivity contribution is 0.0636. The molecule has 23 heavy (non-hydrogen) atoms. The smallest absolute Gasteiger partial charge is 0.412 e. The molecule has 0 aromatic heterocycles. The summed E-state index contributed by atoms with van der Waals surface area (Å²) in [5.74, 6) is 0. The van der Waals surface area contributed by atoms with Crippen molar-refractivity contribution in [2.45, 2.75) is 46.1 Å². The Bertz CT molecular complexity index is 506. The van der Waals surface area contributed by atoms with E-state index in [1.165, 1.54) is 0 Å². The first-order chi connectivity index (χ1) is 10.8. The molecule has 6 nitrogen and oxygen atoms in total. The average Bonchev–Trinajstić information content (AvgIpc) is 2.43. The highest BCUT2D eigenvalue weighted by Crippen LogP contribution is 2.13. The minimum Gasteiger partial charge on any atom is -0.450 e.